The van der Waals surface area contributed by atoms with Gasteiger partial charge in [0.1, 0.15) is 0 Å². The normalized spacial score (nSPS) is 15.4. The lowest BCUT2D eigenvalue weighted by atomic mass is 9.92. The Kier molecular flexibility index (Phi) is 3.93. The first-order valence-corrected chi connectivity index (χ1v) is 5.42. The second-order valence-electron chi connectivity index (χ2n) is 3.81. The Morgan fingerprint density at radius 2 is 2.06 bits per heavy atom. The van der Waals surface area contributed by atoms with Crippen molar-refractivity contribution in [2.45, 2.75) is 25.1 Å². The highest BCUT2D eigenvalue weighted by molar-refractivity contribution is 9.10. The first-order valence-electron chi connectivity index (χ1n) is 4.63. The van der Waals surface area contributed by atoms with E-state index in [1.54, 1.807) is 0 Å². The number of hydrogen-bond donors (Lipinski definition) is 1. The number of ketones is 1. The van der Waals surface area contributed by atoms with E-state index < -0.39 is 23.9 Å². The quantitative estimate of drug-likeness (QED) is 0.931. The van der Waals surface area contributed by atoms with Gasteiger partial charge in [-0.15, -0.1) is 0 Å². The van der Waals surface area contributed by atoms with Crippen molar-refractivity contribution in [3.63, 3.8) is 0 Å². The van der Waals surface area contributed by atoms with Gasteiger partial charge in [0.25, 0.3) is 0 Å². The smallest absolute Gasteiger partial charge is 0.312 e. The van der Waals surface area contributed by atoms with Crippen molar-refractivity contribution in [2.75, 3.05) is 0 Å². The van der Waals surface area contributed by atoms with E-state index in [4.69, 9.17) is 5.73 Å². The van der Waals surface area contributed by atoms with Crippen LogP contribution >= 0.6 is 15.9 Å². The highest BCUT2D eigenvalue weighted by Gasteiger charge is 2.53. The third-order valence-corrected chi connectivity index (χ3v) is 2.73. The molecule has 1 aromatic rings. The number of Topliss-reactive ketones (excluding diaryl/α,β-unsaturated/α-hetero) is 1. The SMILES string of the molecule is CC(N)(C(=O)Cc1cncc(Br)c1)C(F)(F)F. The molecule has 3 nitrogen and oxygen atoms in total. The van der Waals surface area contributed by atoms with Crippen molar-refractivity contribution in [3.8, 4) is 0 Å². The summed E-state index contributed by atoms with van der Waals surface area (Å²) in [6.45, 7) is 0.667. The van der Waals surface area contributed by atoms with Gasteiger partial charge in [-0.3, -0.25) is 9.78 Å². The van der Waals surface area contributed by atoms with Gasteiger partial charge in [0.2, 0.25) is 0 Å². The molecular weight excluding hydrogens is 301 g/mol. The number of nitrogens with zero attached hydrogens (tertiary/aromatic N) is 1. The average Bonchev–Trinajstić information content (AvgIpc) is 2.15. The Balaban J connectivity index is 2.87. The molecule has 0 spiro atoms. The molecule has 2 N–H and O–H groups in total. The molecule has 0 aliphatic carbocycles. The fraction of sp³-hybridized carbons (Fsp3) is 0.400. The van der Waals surface area contributed by atoms with Crippen LogP contribution in [0.1, 0.15) is 12.5 Å². The van der Waals surface area contributed by atoms with E-state index in [1.165, 1.54) is 18.5 Å². The summed E-state index contributed by atoms with van der Waals surface area (Å²) >= 11 is 3.11. The molecule has 7 heteroatoms. The van der Waals surface area contributed by atoms with Gasteiger partial charge in [0, 0.05) is 23.3 Å². The Morgan fingerprint density at radius 3 is 2.53 bits per heavy atom. The van der Waals surface area contributed by atoms with E-state index in [2.05, 4.69) is 20.9 Å². The van der Waals surface area contributed by atoms with Crippen LogP contribution in [-0.4, -0.2) is 22.5 Å². The molecular formula is C10H10BrF3N2O. The number of hydrogen-bond acceptors (Lipinski definition) is 3. The fourth-order valence-electron chi connectivity index (χ4n) is 1.08. The standard InChI is InChI=1S/C10H10BrF3N2O/c1-9(15,10(12,13)14)8(17)3-6-2-7(11)5-16-4-6/h2,4-5H,3,15H2,1H3. The molecule has 17 heavy (non-hydrogen) atoms. The minimum absolute atomic E-state index is 0.380. The lowest BCUT2D eigenvalue weighted by Gasteiger charge is -2.25. The third-order valence-electron chi connectivity index (χ3n) is 2.29. The first-order chi connectivity index (χ1) is 7.64. The van der Waals surface area contributed by atoms with Crippen LogP contribution in [0.2, 0.25) is 0 Å². The molecule has 0 amide bonds. The van der Waals surface area contributed by atoms with Crippen molar-refractivity contribution in [1.82, 2.24) is 4.98 Å². The van der Waals surface area contributed by atoms with Crippen LogP contribution in [0.5, 0.6) is 0 Å². The highest BCUT2D eigenvalue weighted by Crippen LogP contribution is 2.29. The number of carbonyl (C=O) groups is 1. The second-order valence-corrected chi connectivity index (χ2v) is 4.73. The monoisotopic (exact) mass is 310 g/mol. The Labute approximate surface area is 104 Å². The number of aromatic nitrogens is 1. The number of nitrogens with two attached hydrogens (primary N) is 1. The maximum absolute atomic E-state index is 12.5. The molecule has 0 saturated heterocycles. The second kappa shape index (κ2) is 4.73. The summed E-state index contributed by atoms with van der Waals surface area (Å²) in [5, 5.41) is 0. The summed E-state index contributed by atoms with van der Waals surface area (Å²) in [5.41, 5.74) is 2.56. The van der Waals surface area contributed by atoms with Crippen LogP contribution in [0.15, 0.2) is 22.9 Å². The van der Waals surface area contributed by atoms with E-state index in [1.807, 2.05) is 0 Å². The van der Waals surface area contributed by atoms with Gasteiger partial charge in [-0.25, -0.2) is 0 Å². The van der Waals surface area contributed by atoms with Crippen molar-refractivity contribution in [2.24, 2.45) is 5.73 Å². The lowest BCUT2D eigenvalue weighted by Crippen LogP contribution is -2.57. The molecule has 0 fully saturated rings. The summed E-state index contributed by atoms with van der Waals surface area (Å²) in [5.74, 6) is -1.09. The van der Waals surface area contributed by atoms with E-state index in [0.29, 0.717) is 17.0 Å². The van der Waals surface area contributed by atoms with Gasteiger partial charge in [0.15, 0.2) is 11.3 Å². The molecule has 0 saturated carbocycles. The van der Waals surface area contributed by atoms with Crippen molar-refractivity contribution in [3.05, 3.63) is 28.5 Å². The summed E-state index contributed by atoms with van der Waals surface area (Å²) in [7, 11) is 0. The van der Waals surface area contributed by atoms with Gasteiger partial charge in [-0.05, 0) is 34.5 Å². The van der Waals surface area contributed by atoms with E-state index in [0.717, 1.165) is 0 Å². The zero-order chi connectivity index (χ0) is 13.3. The maximum atomic E-state index is 12.5. The summed E-state index contributed by atoms with van der Waals surface area (Å²) < 4.78 is 38.1. The summed E-state index contributed by atoms with van der Waals surface area (Å²) in [6, 6.07) is 1.53. The Bertz CT molecular complexity index is 432. The number of rotatable bonds is 3. The number of alkyl halides is 3. The fourth-order valence-corrected chi connectivity index (χ4v) is 1.49. The molecule has 94 valence electrons. The summed E-state index contributed by atoms with van der Waals surface area (Å²) in [4.78, 5) is 15.3. The molecule has 0 aliphatic rings. The van der Waals surface area contributed by atoms with Gasteiger partial charge in [-0.1, -0.05) is 0 Å². The van der Waals surface area contributed by atoms with E-state index in [9.17, 15) is 18.0 Å². The number of pyridine rings is 1. The third kappa shape index (κ3) is 3.26. The molecule has 0 aromatic carbocycles. The maximum Gasteiger partial charge on any atom is 0.413 e. The van der Waals surface area contributed by atoms with Gasteiger partial charge < -0.3 is 5.73 Å². The van der Waals surface area contributed by atoms with Crippen molar-refractivity contribution in [1.29, 1.82) is 0 Å². The molecule has 0 bridgehead atoms. The Morgan fingerprint density at radius 1 is 1.47 bits per heavy atom. The van der Waals surface area contributed by atoms with Crippen molar-refractivity contribution < 1.29 is 18.0 Å². The van der Waals surface area contributed by atoms with Crippen LogP contribution in [0.25, 0.3) is 0 Å². The van der Waals surface area contributed by atoms with Gasteiger partial charge in [0.05, 0.1) is 0 Å². The molecule has 0 aliphatic heterocycles. The zero-order valence-electron chi connectivity index (χ0n) is 8.88. The largest absolute Gasteiger partial charge is 0.413 e. The molecule has 1 heterocycles. The lowest BCUT2D eigenvalue weighted by molar-refractivity contribution is -0.185. The zero-order valence-corrected chi connectivity index (χ0v) is 10.5. The summed E-state index contributed by atoms with van der Waals surface area (Å²) in [6.07, 6.45) is -2.36. The van der Waals surface area contributed by atoms with Crippen LogP contribution < -0.4 is 5.73 Å². The predicted octanol–water partition coefficient (Wildman–Crippen LogP) is 2.24. The van der Waals surface area contributed by atoms with E-state index >= 15 is 0 Å². The number of carbonyl (C=O) groups excluding carboxylic acids is 1. The minimum Gasteiger partial charge on any atom is -0.312 e. The topological polar surface area (TPSA) is 56.0 Å². The molecule has 1 rings (SSSR count). The predicted molar refractivity (Wildman–Crippen MR) is 59.3 cm³/mol. The average molecular weight is 311 g/mol. The van der Waals surface area contributed by atoms with E-state index in [-0.39, 0.29) is 0 Å². The number of halogens is 4. The minimum atomic E-state index is -4.76. The molecule has 1 unspecified atom stereocenters. The van der Waals surface area contributed by atoms with Crippen LogP contribution in [-0.2, 0) is 11.2 Å². The molecule has 1 aromatic heterocycles. The van der Waals surface area contributed by atoms with Crippen LogP contribution in [0.3, 0.4) is 0 Å². The Hall–Kier alpha value is -0.950. The van der Waals surface area contributed by atoms with Crippen LogP contribution in [0.4, 0.5) is 13.2 Å². The van der Waals surface area contributed by atoms with Gasteiger partial charge >= 0.3 is 6.18 Å². The first kappa shape index (κ1) is 14.1. The van der Waals surface area contributed by atoms with Crippen molar-refractivity contribution >= 4 is 21.7 Å². The molecule has 1 atom stereocenters. The molecule has 0 radical (unpaired) electrons. The highest BCUT2D eigenvalue weighted by atomic mass is 79.9. The van der Waals surface area contributed by atoms with Crippen LogP contribution in [0, 0.1) is 0 Å². The van der Waals surface area contributed by atoms with Gasteiger partial charge in [-0.2, -0.15) is 13.2 Å².